The molecule has 0 saturated carbocycles. The van der Waals surface area contributed by atoms with E-state index < -0.39 is 0 Å². The van der Waals surface area contributed by atoms with Gasteiger partial charge in [0.25, 0.3) is 0 Å². The third-order valence-electron chi connectivity index (χ3n) is 8.47. The summed E-state index contributed by atoms with van der Waals surface area (Å²) >= 11 is 3.78. The SMILES string of the molecule is [B]N1C(/C(=C2/C=CC(c3csc4c3C=CC=CC4)=N2)c2c(C)cc(C)cc2C)=CCC1C1CSc2ccccc21. The molecule has 5 heteroatoms. The van der Waals surface area contributed by atoms with Gasteiger partial charge in [0.05, 0.1) is 11.4 Å². The van der Waals surface area contributed by atoms with Gasteiger partial charge in [-0.15, -0.1) is 23.1 Å². The number of benzene rings is 2. The first-order chi connectivity index (χ1) is 19.5. The van der Waals surface area contributed by atoms with Gasteiger partial charge in [-0.1, -0.05) is 66.3 Å². The maximum atomic E-state index is 7.07. The minimum absolute atomic E-state index is 0.229. The van der Waals surface area contributed by atoms with Crippen molar-refractivity contribution in [2.45, 2.75) is 50.5 Å². The van der Waals surface area contributed by atoms with Gasteiger partial charge in [-0.3, -0.25) is 0 Å². The van der Waals surface area contributed by atoms with Gasteiger partial charge >= 0.3 is 0 Å². The quantitative estimate of drug-likeness (QED) is 0.301. The average Bonchev–Trinajstić information content (AvgIpc) is 3.71. The molecule has 2 atom stereocenters. The molecule has 2 aromatic carbocycles. The molecule has 2 nitrogen and oxygen atoms in total. The van der Waals surface area contributed by atoms with Crippen LogP contribution in [0.25, 0.3) is 11.6 Å². The Hall–Kier alpha value is -3.28. The molecule has 40 heavy (non-hydrogen) atoms. The average molecular weight is 555 g/mol. The van der Waals surface area contributed by atoms with Crippen molar-refractivity contribution in [2.24, 2.45) is 4.99 Å². The second-order valence-corrected chi connectivity index (χ2v) is 13.1. The van der Waals surface area contributed by atoms with E-state index in [9.17, 15) is 0 Å². The summed E-state index contributed by atoms with van der Waals surface area (Å²) in [5.74, 6) is 1.48. The molecule has 0 spiro atoms. The zero-order chi connectivity index (χ0) is 27.4. The Morgan fingerprint density at radius 1 is 1.02 bits per heavy atom. The summed E-state index contributed by atoms with van der Waals surface area (Å²) in [4.78, 5) is 10.1. The highest BCUT2D eigenvalue weighted by Crippen LogP contribution is 2.47. The number of rotatable bonds is 4. The lowest BCUT2D eigenvalue weighted by Gasteiger charge is -2.33. The zero-order valence-electron chi connectivity index (χ0n) is 23.1. The minimum Gasteiger partial charge on any atom is -0.421 e. The Labute approximate surface area is 247 Å². The van der Waals surface area contributed by atoms with Crippen LogP contribution in [0.3, 0.4) is 0 Å². The number of aryl methyl sites for hydroxylation is 3. The van der Waals surface area contributed by atoms with Gasteiger partial charge < -0.3 is 4.81 Å². The molecular weight excluding hydrogens is 523 g/mol. The van der Waals surface area contributed by atoms with E-state index in [1.807, 2.05) is 23.1 Å². The molecule has 0 saturated heterocycles. The molecule has 1 aromatic heterocycles. The molecular formula is C35H31BN2S2. The first kappa shape index (κ1) is 25.7. The van der Waals surface area contributed by atoms with Gasteiger partial charge in [0.1, 0.15) is 0 Å². The van der Waals surface area contributed by atoms with Crippen LogP contribution < -0.4 is 0 Å². The van der Waals surface area contributed by atoms with Crippen LogP contribution in [0.1, 0.15) is 56.2 Å². The number of thioether (sulfide) groups is 1. The number of thiophene rings is 1. The summed E-state index contributed by atoms with van der Waals surface area (Å²) in [6.45, 7) is 6.60. The predicted octanol–water partition coefficient (Wildman–Crippen LogP) is 8.50. The zero-order valence-corrected chi connectivity index (χ0v) is 24.8. The van der Waals surface area contributed by atoms with Crippen molar-refractivity contribution in [1.82, 2.24) is 4.81 Å². The monoisotopic (exact) mass is 554 g/mol. The lowest BCUT2D eigenvalue weighted by Crippen LogP contribution is -2.34. The number of hydrogen-bond acceptors (Lipinski definition) is 4. The first-order valence-corrected chi connectivity index (χ1v) is 15.9. The number of allylic oxidation sites excluding steroid dienone is 6. The largest absolute Gasteiger partial charge is 0.421 e. The fourth-order valence-corrected chi connectivity index (χ4v) is 9.02. The smallest absolute Gasteiger partial charge is 0.227 e. The Bertz CT molecular complexity index is 1690. The molecule has 3 aliphatic heterocycles. The number of hydrogen-bond donors (Lipinski definition) is 0. The molecule has 196 valence electrons. The van der Waals surface area contributed by atoms with Crippen molar-refractivity contribution in [3.05, 3.63) is 133 Å². The van der Waals surface area contributed by atoms with Crippen LogP contribution in [0.5, 0.6) is 0 Å². The topological polar surface area (TPSA) is 15.6 Å². The highest BCUT2D eigenvalue weighted by Gasteiger charge is 2.37. The van der Waals surface area contributed by atoms with Crippen LogP contribution in [0.15, 0.2) is 99.5 Å². The van der Waals surface area contributed by atoms with Gasteiger partial charge in [-0.25, -0.2) is 4.99 Å². The Morgan fingerprint density at radius 2 is 1.85 bits per heavy atom. The Morgan fingerprint density at radius 3 is 2.70 bits per heavy atom. The third-order valence-corrected chi connectivity index (χ3v) is 10.7. The summed E-state index contributed by atoms with van der Waals surface area (Å²) in [5.41, 5.74) is 13.2. The van der Waals surface area contributed by atoms with E-state index in [0.29, 0.717) is 5.92 Å². The molecule has 0 amide bonds. The van der Waals surface area contributed by atoms with E-state index in [-0.39, 0.29) is 6.04 Å². The van der Waals surface area contributed by atoms with Crippen LogP contribution in [0.4, 0.5) is 0 Å². The third kappa shape index (κ3) is 4.31. The lowest BCUT2D eigenvalue weighted by atomic mass is 9.88. The summed E-state index contributed by atoms with van der Waals surface area (Å²) in [7, 11) is 7.07. The van der Waals surface area contributed by atoms with Crippen LogP contribution in [-0.4, -0.2) is 30.3 Å². The number of aliphatic imine (C=N–C) groups is 1. The second-order valence-electron chi connectivity index (χ2n) is 11.1. The highest BCUT2D eigenvalue weighted by atomic mass is 32.2. The Kier molecular flexibility index (Phi) is 6.60. The van der Waals surface area contributed by atoms with E-state index in [1.165, 1.54) is 48.7 Å². The molecule has 2 radical (unpaired) electrons. The van der Waals surface area contributed by atoms with E-state index in [1.54, 1.807) is 0 Å². The van der Waals surface area contributed by atoms with Gasteiger partial charge in [0.15, 0.2) is 0 Å². The number of fused-ring (bicyclic) bond motifs is 2. The van der Waals surface area contributed by atoms with Crippen LogP contribution in [0, 0.1) is 20.8 Å². The van der Waals surface area contributed by atoms with Crippen molar-refractivity contribution in [2.75, 3.05) is 5.75 Å². The maximum Gasteiger partial charge on any atom is 0.227 e. The highest BCUT2D eigenvalue weighted by molar-refractivity contribution is 7.99. The maximum absolute atomic E-state index is 7.07. The lowest BCUT2D eigenvalue weighted by molar-refractivity contribution is 0.396. The normalized spacial score (nSPS) is 22.3. The van der Waals surface area contributed by atoms with Crippen molar-refractivity contribution in [3.63, 3.8) is 0 Å². The summed E-state index contributed by atoms with van der Waals surface area (Å²) in [5, 5.41) is 2.26. The molecule has 3 aromatic rings. The molecule has 0 N–H and O–H groups in total. The number of nitrogens with zero attached hydrogens (tertiary/aromatic N) is 2. The first-order valence-electron chi connectivity index (χ1n) is 14.0. The van der Waals surface area contributed by atoms with Crippen molar-refractivity contribution in [3.8, 4) is 0 Å². The van der Waals surface area contributed by atoms with E-state index >= 15 is 0 Å². The Balaban J connectivity index is 1.33. The van der Waals surface area contributed by atoms with Crippen molar-refractivity contribution in [1.29, 1.82) is 0 Å². The van der Waals surface area contributed by atoms with Gasteiger partial charge in [0, 0.05) is 56.1 Å². The van der Waals surface area contributed by atoms with Crippen molar-refractivity contribution >= 4 is 48.4 Å². The molecule has 2 unspecified atom stereocenters. The van der Waals surface area contributed by atoms with Crippen LogP contribution in [-0.2, 0) is 6.42 Å². The second kappa shape index (κ2) is 10.3. The molecule has 0 bridgehead atoms. The summed E-state index contributed by atoms with van der Waals surface area (Å²) < 4.78 is 0. The minimum atomic E-state index is 0.229. The van der Waals surface area contributed by atoms with Crippen LogP contribution >= 0.6 is 23.1 Å². The fourth-order valence-electron chi connectivity index (χ4n) is 6.69. The fraction of sp³-hybridized carbons (Fsp3) is 0.229. The molecule has 4 heterocycles. The van der Waals surface area contributed by atoms with Gasteiger partial charge in [0.2, 0.25) is 7.98 Å². The van der Waals surface area contributed by atoms with Gasteiger partial charge in [-0.2, -0.15) is 0 Å². The standard InChI is InChI=1S/C35H31BN2S2/c1-21-17-22(2)34(23(3)18-21)35(29-14-13-28(37-29)26-19-39-32-11-6-4-5-9-24(26)32)31-16-15-30(38(31)36)27-20-40-33-12-8-7-10-25(27)33/h4-10,12-14,16-19,27,30H,11,15,20H2,1-3H3/b35-29+. The van der Waals surface area contributed by atoms with Crippen LogP contribution in [0.2, 0.25) is 0 Å². The van der Waals surface area contributed by atoms with E-state index in [4.69, 9.17) is 13.0 Å². The predicted molar refractivity (Wildman–Crippen MR) is 173 cm³/mol. The molecule has 1 aliphatic carbocycles. The summed E-state index contributed by atoms with van der Waals surface area (Å²) in [6, 6.07) is 13.6. The van der Waals surface area contributed by atoms with E-state index in [0.717, 1.165) is 41.3 Å². The molecule has 0 fully saturated rings. The summed E-state index contributed by atoms with van der Waals surface area (Å²) in [6.07, 6.45) is 17.3. The molecule has 7 rings (SSSR count). The van der Waals surface area contributed by atoms with E-state index in [2.05, 4.69) is 110 Å². The van der Waals surface area contributed by atoms with Gasteiger partial charge in [-0.05, 0) is 73.2 Å². The molecule has 4 aliphatic rings. The van der Waals surface area contributed by atoms with Crippen molar-refractivity contribution < 1.29 is 0 Å².